The van der Waals surface area contributed by atoms with Gasteiger partial charge >= 0.3 is 5.97 Å². The third-order valence-electron chi connectivity index (χ3n) is 8.08. The van der Waals surface area contributed by atoms with E-state index in [4.69, 9.17) is 17.0 Å². The van der Waals surface area contributed by atoms with Gasteiger partial charge in [0.25, 0.3) is 0 Å². The largest absolute Gasteiger partial charge is 0.465 e. The first-order chi connectivity index (χ1) is 14.0. The molecular weight excluding hydrogens is 400 g/mol. The van der Waals surface area contributed by atoms with Gasteiger partial charge in [-0.15, -0.1) is 11.3 Å². The zero-order valence-corrected chi connectivity index (χ0v) is 19.1. The molecule has 0 aromatic carbocycles. The maximum atomic E-state index is 12.4. The molecule has 5 aliphatic rings. The summed E-state index contributed by atoms with van der Waals surface area (Å²) >= 11 is 7.43. The first-order valence-electron chi connectivity index (χ1n) is 11.3. The molecule has 0 saturated heterocycles. The van der Waals surface area contributed by atoms with Gasteiger partial charge in [0, 0.05) is 10.9 Å². The summed E-state index contributed by atoms with van der Waals surface area (Å²) in [5.41, 5.74) is 2.29. The summed E-state index contributed by atoms with van der Waals surface area (Å²) in [6.45, 7) is 2.29. The van der Waals surface area contributed by atoms with E-state index in [0.717, 1.165) is 48.4 Å². The van der Waals surface area contributed by atoms with Crippen molar-refractivity contribution in [3.63, 3.8) is 0 Å². The molecule has 4 bridgehead atoms. The molecule has 158 valence electrons. The van der Waals surface area contributed by atoms with E-state index in [2.05, 4.69) is 17.6 Å². The Morgan fingerprint density at radius 1 is 1.21 bits per heavy atom. The molecule has 1 atom stereocenters. The Balaban J connectivity index is 1.33. The number of esters is 1. The van der Waals surface area contributed by atoms with E-state index >= 15 is 0 Å². The lowest BCUT2D eigenvalue weighted by atomic mass is 9.47. The van der Waals surface area contributed by atoms with E-state index in [1.807, 2.05) is 0 Å². The second-order valence-corrected chi connectivity index (χ2v) is 11.4. The molecule has 1 heterocycles. The predicted octanol–water partition coefficient (Wildman–Crippen LogP) is 5.30. The Hall–Kier alpha value is -1.14. The molecule has 5 aliphatic carbocycles. The van der Waals surface area contributed by atoms with Crippen molar-refractivity contribution >= 4 is 39.6 Å². The molecule has 1 aromatic heterocycles. The van der Waals surface area contributed by atoms with Gasteiger partial charge in [0.15, 0.2) is 5.11 Å². The van der Waals surface area contributed by atoms with Crippen LogP contribution < -0.4 is 10.6 Å². The Morgan fingerprint density at radius 2 is 1.86 bits per heavy atom. The van der Waals surface area contributed by atoms with Crippen LogP contribution in [0.2, 0.25) is 0 Å². The molecule has 0 aliphatic heterocycles. The van der Waals surface area contributed by atoms with Gasteiger partial charge in [0.1, 0.15) is 5.00 Å². The van der Waals surface area contributed by atoms with Crippen molar-refractivity contribution < 1.29 is 9.53 Å². The number of carbonyl (C=O) groups excluding carboxylic acids is 1. The number of ether oxygens (including phenoxy) is 1. The molecule has 4 saturated carbocycles. The number of fused-ring (bicyclic) bond motifs is 1. The number of anilines is 1. The first kappa shape index (κ1) is 19.8. The quantitative estimate of drug-likeness (QED) is 0.488. The van der Waals surface area contributed by atoms with E-state index in [-0.39, 0.29) is 5.97 Å². The third kappa shape index (κ3) is 3.40. The minimum atomic E-state index is -0.247. The maximum Gasteiger partial charge on any atom is 0.341 e. The van der Waals surface area contributed by atoms with Crippen molar-refractivity contribution in [2.75, 3.05) is 12.4 Å². The van der Waals surface area contributed by atoms with Gasteiger partial charge in [0.05, 0.1) is 12.7 Å². The first-order valence-corrected chi connectivity index (χ1v) is 12.5. The van der Waals surface area contributed by atoms with Crippen molar-refractivity contribution in [3.05, 3.63) is 16.0 Å². The maximum absolute atomic E-state index is 12.4. The molecule has 0 spiro atoms. The van der Waals surface area contributed by atoms with Gasteiger partial charge < -0.3 is 15.4 Å². The topological polar surface area (TPSA) is 50.4 Å². The molecule has 4 nitrogen and oxygen atoms in total. The lowest BCUT2D eigenvalue weighted by Gasteiger charge is -2.59. The van der Waals surface area contributed by atoms with E-state index in [0.29, 0.717) is 22.1 Å². The predicted molar refractivity (Wildman–Crippen MR) is 122 cm³/mol. The van der Waals surface area contributed by atoms with Crippen molar-refractivity contribution in [1.82, 2.24) is 5.32 Å². The second kappa shape index (κ2) is 7.52. The molecule has 1 aromatic rings. The lowest BCUT2D eigenvalue weighted by Crippen LogP contribution is -2.57. The summed E-state index contributed by atoms with van der Waals surface area (Å²) in [5.74, 6) is 2.56. The molecule has 0 radical (unpaired) electrons. The molecular formula is C23H32N2O2S2. The Labute approximate surface area is 183 Å². The number of hydrogen-bond acceptors (Lipinski definition) is 4. The minimum absolute atomic E-state index is 0.247. The fourth-order valence-electron chi connectivity index (χ4n) is 7.40. The molecule has 29 heavy (non-hydrogen) atoms. The van der Waals surface area contributed by atoms with Gasteiger partial charge in [0.2, 0.25) is 0 Å². The summed E-state index contributed by atoms with van der Waals surface area (Å²) < 4.78 is 5.07. The number of methoxy groups -OCH3 is 1. The summed E-state index contributed by atoms with van der Waals surface area (Å²) in [6, 6.07) is 0.421. The fraction of sp³-hybridized carbons (Fsp3) is 0.739. The van der Waals surface area contributed by atoms with E-state index in [9.17, 15) is 4.79 Å². The number of nitrogens with one attached hydrogen (secondary N) is 2. The highest BCUT2D eigenvalue weighted by Gasteiger charge is 2.53. The standard InChI is InChI=1S/C23H32N2O2S2/c1-3-18(23-10-13-7-14(11-23)9-15(8-13)12-23)24-22(28)25-20-19(21(26)27-2)16-5-4-6-17(16)29-20/h13-15,18H,3-12H2,1-2H3,(H2,24,25,28). The van der Waals surface area contributed by atoms with Crippen LogP contribution in [0.4, 0.5) is 5.00 Å². The van der Waals surface area contributed by atoms with Crippen molar-refractivity contribution in [2.45, 2.75) is 77.2 Å². The zero-order valence-electron chi connectivity index (χ0n) is 17.5. The highest BCUT2D eigenvalue weighted by Crippen LogP contribution is 2.61. The monoisotopic (exact) mass is 432 g/mol. The molecule has 4 fully saturated rings. The number of hydrogen-bond donors (Lipinski definition) is 2. The van der Waals surface area contributed by atoms with Crippen LogP contribution in [0.25, 0.3) is 0 Å². The minimum Gasteiger partial charge on any atom is -0.465 e. The summed E-state index contributed by atoms with van der Waals surface area (Å²) in [6.07, 6.45) is 12.7. The van der Waals surface area contributed by atoms with Crippen LogP contribution in [0.3, 0.4) is 0 Å². The van der Waals surface area contributed by atoms with Crippen LogP contribution in [-0.4, -0.2) is 24.2 Å². The third-order valence-corrected chi connectivity index (χ3v) is 9.50. The van der Waals surface area contributed by atoms with E-state index < -0.39 is 0 Å². The Kier molecular flexibility index (Phi) is 5.14. The van der Waals surface area contributed by atoms with Gasteiger partial charge in [-0.2, -0.15) is 0 Å². The normalized spacial score (nSPS) is 32.7. The lowest BCUT2D eigenvalue weighted by molar-refractivity contribution is -0.0710. The summed E-state index contributed by atoms with van der Waals surface area (Å²) in [4.78, 5) is 13.7. The number of rotatable bonds is 5. The highest BCUT2D eigenvalue weighted by molar-refractivity contribution is 7.80. The second-order valence-electron chi connectivity index (χ2n) is 9.89. The van der Waals surface area contributed by atoms with E-state index in [1.165, 1.54) is 56.1 Å². The summed E-state index contributed by atoms with van der Waals surface area (Å²) in [7, 11) is 1.46. The molecule has 6 rings (SSSR count). The van der Waals surface area contributed by atoms with Gasteiger partial charge in [-0.3, -0.25) is 0 Å². The Bertz CT molecular complexity index is 796. The fourth-order valence-corrected chi connectivity index (χ4v) is 8.99. The van der Waals surface area contributed by atoms with E-state index in [1.54, 1.807) is 11.3 Å². The number of carbonyl (C=O) groups is 1. The van der Waals surface area contributed by atoms with Crippen molar-refractivity contribution in [1.29, 1.82) is 0 Å². The molecule has 2 N–H and O–H groups in total. The zero-order chi connectivity index (χ0) is 20.2. The molecule has 6 heteroatoms. The SMILES string of the molecule is CCC(NC(=S)Nc1sc2c(c1C(=O)OC)CCC2)C12CC3CC(CC(C3)C1)C2. The van der Waals surface area contributed by atoms with Gasteiger partial charge in [-0.25, -0.2) is 4.79 Å². The van der Waals surface area contributed by atoms with Crippen LogP contribution in [0.15, 0.2) is 0 Å². The highest BCUT2D eigenvalue weighted by atomic mass is 32.1. The average Bonchev–Trinajstić information content (AvgIpc) is 3.25. The van der Waals surface area contributed by atoms with Crippen LogP contribution >= 0.6 is 23.6 Å². The smallest absolute Gasteiger partial charge is 0.341 e. The number of thiocarbonyl (C=S) groups is 1. The van der Waals surface area contributed by atoms with Crippen LogP contribution in [0.5, 0.6) is 0 Å². The van der Waals surface area contributed by atoms with Crippen LogP contribution in [0.1, 0.15) is 79.1 Å². The van der Waals surface area contributed by atoms with Crippen LogP contribution in [0, 0.1) is 23.2 Å². The van der Waals surface area contributed by atoms with Crippen molar-refractivity contribution in [2.24, 2.45) is 23.2 Å². The van der Waals surface area contributed by atoms with Gasteiger partial charge in [-0.1, -0.05) is 6.92 Å². The van der Waals surface area contributed by atoms with Crippen molar-refractivity contribution in [3.8, 4) is 0 Å². The average molecular weight is 433 g/mol. The summed E-state index contributed by atoms with van der Waals surface area (Å²) in [5, 5.41) is 8.61. The number of thiophene rings is 1. The van der Waals surface area contributed by atoms with Gasteiger partial charge in [-0.05, 0) is 105 Å². The molecule has 1 unspecified atom stereocenters. The number of aryl methyl sites for hydroxylation is 1. The van der Waals surface area contributed by atoms with Crippen LogP contribution in [-0.2, 0) is 17.6 Å². The Morgan fingerprint density at radius 3 is 2.45 bits per heavy atom. The molecule has 0 amide bonds.